The van der Waals surface area contributed by atoms with Crippen molar-refractivity contribution in [2.75, 3.05) is 0 Å². The molecular weight excluding hydrogens is 252 g/mol. The molecule has 20 heavy (non-hydrogen) atoms. The fourth-order valence-electron chi connectivity index (χ4n) is 2.01. The standard InChI is InChI=1S/C16H20N2O2/c1-13(2)9-16(19)18(12-15-6-4-8-20-15)11-14-5-3-7-17-10-14/h3-8,10,13H,9,11-12H2,1-2H3. The van der Waals surface area contributed by atoms with Crippen LogP contribution in [0.4, 0.5) is 0 Å². The van der Waals surface area contributed by atoms with E-state index < -0.39 is 0 Å². The summed E-state index contributed by atoms with van der Waals surface area (Å²) in [4.78, 5) is 18.3. The van der Waals surface area contributed by atoms with Gasteiger partial charge in [0, 0.05) is 25.4 Å². The zero-order valence-electron chi connectivity index (χ0n) is 12.0. The number of hydrogen-bond donors (Lipinski definition) is 0. The third kappa shape index (κ3) is 4.23. The van der Waals surface area contributed by atoms with E-state index in [4.69, 9.17) is 4.42 Å². The molecule has 0 radical (unpaired) electrons. The van der Waals surface area contributed by atoms with Gasteiger partial charge in [-0.2, -0.15) is 0 Å². The summed E-state index contributed by atoms with van der Waals surface area (Å²) in [5.41, 5.74) is 1.02. The summed E-state index contributed by atoms with van der Waals surface area (Å²) in [5, 5.41) is 0. The molecule has 0 atom stereocenters. The number of amides is 1. The Morgan fingerprint density at radius 1 is 1.30 bits per heavy atom. The minimum Gasteiger partial charge on any atom is -0.467 e. The van der Waals surface area contributed by atoms with Crippen LogP contribution in [0.5, 0.6) is 0 Å². The lowest BCUT2D eigenvalue weighted by Crippen LogP contribution is -2.30. The summed E-state index contributed by atoms with van der Waals surface area (Å²) in [6, 6.07) is 7.58. The first-order valence-corrected chi connectivity index (χ1v) is 6.84. The van der Waals surface area contributed by atoms with Gasteiger partial charge < -0.3 is 9.32 Å². The number of aromatic nitrogens is 1. The topological polar surface area (TPSA) is 46.3 Å². The van der Waals surface area contributed by atoms with Gasteiger partial charge in [-0.15, -0.1) is 0 Å². The summed E-state index contributed by atoms with van der Waals surface area (Å²) in [6.45, 7) is 5.15. The lowest BCUT2D eigenvalue weighted by Gasteiger charge is -2.22. The molecule has 0 saturated carbocycles. The van der Waals surface area contributed by atoms with Crippen molar-refractivity contribution in [1.29, 1.82) is 0 Å². The second-order valence-electron chi connectivity index (χ2n) is 5.29. The van der Waals surface area contributed by atoms with Crippen LogP contribution < -0.4 is 0 Å². The van der Waals surface area contributed by atoms with E-state index in [1.807, 2.05) is 43.0 Å². The minimum atomic E-state index is 0.139. The van der Waals surface area contributed by atoms with E-state index >= 15 is 0 Å². The Hall–Kier alpha value is -2.10. The lowest BCUT2D eigenvalue weighted by atomic mass is 10.1. The highest BCUT2D eigenvalue weighted by Crippen LogP contribution is 2.13. The first-order valence-electron chi connectivity index (χ1n) is 6.84. The largest absolute Gasteiger partial charge is 0.467 e. The molecule has 0 aliphatic carbocycles. The molecular formula is C16H20N2O2. The van der Waals surface area contributed by atoms with E-state index in [9.17, 15) is 4.79 Å². The molecule has 0 saturated heterocycles. The van der Waals surface area contributed by atoms with Gasteiger partial charge >= 0.3 is 0 Å². The van der Waals surface area contributed by atoms with Crippen LogP contribution in [0.2, 0.25) is 0 Å². The van der Waals surface area contributed by atoms with Gasteiger partial charge in [-0.25, -0.2) is 0 Å². The minimum absolute atomic E-state index is 0.139. The molecule has 0 spiro atoms. The molecule has 0 aliphatic rings. The van der Waals surface area contributed by atoms with E-state index in [-0.39, 0.29) is 5.91 Å². The van der Waals surface area contributed by atoms with Gasteiger partial charge in [0.05, 0.1) is 12.8 Å². The fourth-order valence-corrected chi connectivity index (χ4v) is 2.01. The van der Waals surface area contributed by atoms with Gasteiger partial charge in [0.1, 0.15) is 5.76 Å². The van der Waals surface area contributed by atoms with Crippen molar-refractivity contribution >= 4 is 5.91 Å². The van der Waals surface area contributed by atoms with E-state index in [2.05, 4.69) is 4.98 Å². The lowest BCUT2D eigenvalue weighted by molar-refractivity contribution is -0.133. The molecule has 0 aliphatic heterocycles. The molecule has 2 aromatic rings. The maximum Gasteiger partial charge on any atom is 0.223 e. The SMILES string of the molecule is CC(C)CC(=O)N(Cc1cccnc1)Cc1ccco1. The molecule has 0 aromatic carbocycles. The maximum absolute atomic E-state index is 12.3. The van der Waals surface area contributed by atoms with Crippen LogP contribution in [0.1, 0.15) is 31.6 Å². The normalized spacial score (nSPS) is 10.8. The third-order valence-corrected chi connectivity index (χ3v) is 2.96. The number of pyridine rings is 1. The quantitative estimate of drug-likeness (QED) is 0.811. The van der Waals surface area contributed by atoms with Crippen LogP contribution in [0.3, 0.4) is 0 Å². The number of hydrogen-bond acceptors (Lipinski definition) is 3. The van der Waals surface area contributed by atoms with E-state index in [0.29, 0.717) is 25.4 Å². The zero-order chi connectivity index (χ0) is 14.4. The summed E-state index contributed by atoms with van der Waals surface area (Å²) in [6.07, 6.45) is 5.69. The molecule has 0 N–H and O–H groups in total. The van der Waals surface area contributed by atoms with Crippen molar-refractivity contribution in [2.24, 2.45) is 5.92 Å². The first kappa shape index (κ1) is 14.3. The van der Waals surface area contributed by atoms with Crippen LogP contribution in [0.25, 0.3) is 0 Å². The second-order valence-corrected chi connectivity index (χ2v) is 5.29. The molecule has 4 nitrogen and oxygen atoms in total. The van der Waals surface area contributed by atoms with Gasteiger partial charge in [-0.05, 0) is 29.7 Å². The van der Waals surface area contributed by atoms with Crippen LogP contribution in [-0.4, -0.2) is 15.8 Å². The Labute approximate surface area is 119 Å². The Balaban J connectivity index is 2.09. The molecule has 0 bridgehead atoms. The number of carbonyl (C=O) groups is 1. The number of rotatable bonds is 6. The average Bonchev–Trinajstić information content (AvgIpc) is 2.91. The summed E-state index contributed by atoms with van der Waals surface area (Å²) < 4.78 is 5.35. The summed E-state index contributed by atoms with van der Waals surface area (Å²) in [5.74, 6) is 1.28. The predicted octanol–water partition coefficient (Wildman–Crippen LogP) is 3.25. The highest BCUT2D eigenvalue weighted by molar-refractivity contribution is 5.76. The summed E-state index contributed by atoms with van der Waals surface area (Å²) in [7, 11) is 0. The molecule has 106 valence electrons. The van der Waals surface area contributed by atoms with Crippen LogP contribution in [0, 0.1) is 5.92 Å². The van der Waals surface area contributed by atoms with E-state index in [1.165, 1.54) is 0 Å². The Kier molecular flexibility index (Phi) is 4.93. The Morgan fingerprint density at radius 3 is 2.75 bits per heavy atom. The summed E-state index contributed by atoms with van der Waals surface area (Å²) >= 11 is 0. The van der Waals surface area contributed by atoms with Crippen molar-refractivity contribution in [3.63, 3.8) is 0 Å². The molecule has 0 unspecified atom stereocenters. The van der Waals surface area contributed by atoms with E-state index in [0.717, 1.165) is 11.3 Å². The van der Waals surface area contributed by atoms with Crippen LogP contribution in [0.15, 0.2) is 47.3 Å². The Bertz CT molecular complexity index is 521. The van der Waals surface area contributed by atoms with Crippen molar-refractivity contribution in [3.8, 4) is 0 Å². The number of furan rings is 1. The highest BCUT2D eigenvalue weighted by Gasteiger charge is 2.17. The van der Waals surface area contributed by atoms with Crippen molar-refractivity contribution in [2.45, 2.75) is 33.4 Å². The Morgan fingerprint density at radius 2 is 2.15 bits per heavy atom. The van der Waals surface area contributed by atoms with Gasteiger partial charge in [-0.1, -0.05) is 19.9 Å². The van der Waals surface area contributed by atoms with Crippen molar-refractivity contribution in [3.05, 3.63) is 54.2 Å². The third-order valence-electron chi connectivity index (χ3n) is 2.96. The molecule has 0 fully saturated rings. The molecule has 2 rings (SSSR count). The zero-order valence-corrected chi connectivity index (χ0v) is 12.0. The van der Waals surface area contributed by atoms with Gasteiger partial charge in [0.25, 0.3) is 0 Å². The first-order chi connectivity index (χ1) is 9.65. The van der Waals surface area contributed by atoms with Gasteiger partial charge in [-0.3, -0.25) is 9.78 Å². The highest BCUT2D eigenvalue weighted by atomic mass is 16.3. The van der Waals surface area contributed by atoms with Gasteiger partial charge in [0.15, 0.2) is 0 Å². The van der Waals surface area contributed by atoms with Crippen LogP contribution >= 0.6 is 0 Å². The van der Waals surface area contributed by atoms with Crippen molar-refractivity contribution < 1.29 is 9.21 Å². The maximum atomic E-state index is 12.3. The van der Waals surface area contributed by atoms with Gasteiger partial charge in [0.2, 0.25) is 5.91 Å². The molecule has 2 heterocycles. The van der Waals surface area contributed by atoms with Crippen molar-refractivity contribution in [1.82, 2.24) is 9.88 Å². The number of carbonyl (C=O) groups excluding carboxylic acids is 1. The fraction of sp³-hybridized carbons (Fsp3) is 0.375. The smallest absolute Gasteiger partial charge is 0.223 e. The van der Waals surface area contributed by atoms with Crippen LogP contribution in [-0.2, 0) is 17.9 Å². The predicted molar refractivity (Wildman–Crippen MR) is 76.7 cm³/mol. The monoisotopic (exact) mass is 272 g/mol. The molecule has 1 amide bonds. The second kappa shape index (κ2) is 6.89. The van der Waals surface area contributed by atoms with E-state index in [1.54, 1.807) is 18.7 Å². The molecule has 2 aromatic heterocycles. The average molecular weight is 272 g/mol. The molecule has 4 heteroatoms. The number of nitrogens with zero attached hydrogens (tertiary/aromatic N) is 2.